The van der Waals surface area contributed by atoms with Crippen molar-refractivity contribution < 1.29 is 4.79 Å². The maximum absolute atomic E-state index is 12.5. The number of halogens is 1. The lowest BCUT2D eigenvalue weighted by Gasteiger charge is -2.33. The van der Waals surface area contributed by atoms with E-state index in [1.807, 2.05) is 24.3 Å². The first-order valence-electron chi connectivity index (χ1n) is 8.68. The van der Waals surface area contributed by atoms with E-state index in [9.17, 15) is 4.79 Å². The van der Waals surface area contributed by atoms with Gasteiger partial charge in [-0.05, 0) is 37.1 Å². The average Bonchev–Trinajstić information content (AvgIpc) is 2.62. The van der Waals surface area contributed by atoms with Crippen LogP contribution in [0.25, 0.3) is 0 Å². The van der Waals surface area contributed by atoms with Crippen LogP contribution < -0.4 is 4.90 Å². The Hall–Kier alpha value is -1.98. The van der Waals surface area contributed by atoms with Crippen LogP contribution in [0.3, 0.4) is 0 Å². The van der Waals surface area contributed by atoms with Gasteiger partial charge in [0.15, 0.2) is 5.78 Å². The normalized spacial score (nSPS) is 21.3. The third kappa shape index (κ3) is 3.39. The van der Waals surface area contributed by atoms with Crippen LogP contribution in [0.15, 0.2) is 30.5 Å². The molecule has 2 aliphatic rings. The summed E-state index contributed by atoms with van der Waals surface area (Å²) in [7, 11) is 2.13. The van der Waals surface area contributed by atoms with Gasteiger partial charge in [-0.25, -0.2) is 9.97 Å². The Morgan fingerprint density at radius 2 is 1.80 bits per heavy atom. The number of carbonyl (C=O) groups is 1. The lowest BCUT2D eigenvalue weighted by Crippen LogP contribution is -2.45. The minimum atomic E-state index is 0.131. The van der Waals surface area contributed by atoms with Crippen LogP contribution in [0.2, 0.25) is 5.02 Å². The zero-order valence-corrected chi connectivity index (χ0v) is 15.0. The van der Waals surface area contributed by atoms with Crippen LogP contribution in [0.1, 0.15) is 34.0 Å². The minimum Gasteiger partial charge on any atom is -0.338 e. The van der Waals surface area contributed by atoms with Gasteiger partial charge in [-0.2, -0.15) is 0 Å². The highest BCUT2D eigenvalue weighted by atomic mass is 35.5. The molecule has 1 fully saturated rings. The van der Waals surface area contributed by atoms with E-state index in [2.05, 4.69) is 21.8 Å². The Morgan fingerprint density at radius 1 is 1.08 bits per heavy atom. The molecule has 1 atom stereocenters. The summed E-state index contributed by atoms with van der Waals surface area (Å²) in [4.78, 5) is 26.3. The van der Waals surface area contributed by atoms with Crippen LogP contribution in [0, 0.1) is 0 Å². The van der Waals surface area contributed by atoms with E-state index in [0.717, 1.165) is 49.8 Å². The summed E-state index contributed by atoms with van der Waals surface area (Å²) in [6.45, 7) is 3.85. The first kappa shape index (κ1) is 16.5. The van der Waals surface area contributed by atoms with Gasteiger partial charge in [0, 0.05) is 43.8 Å². The van der Waals surface area contributed by atoms with Crippen molar-refractivity contribution in [3.8, 4) is 0 Å². The molecule has 2 heterocycles. The molecule has 1 aromatic carbocycles. The van der Waals surface area contributed by atoms with Gasteiger partial charge in [-0.3, -0.25) is 4.79 Å². The average molecular weight is 357 g/mol. The zero-order valence-electron chi connectivity index (χ0n) is 14.3. The number of ketones is 1. The molecule has 2 aromatic rings. The topological polar surface area (TPSA) is 49.3 Å². The van der Waals surface area contributed by atoms with Gasteiger partial charge in [0.05, 0.1) is 11.3 Å². The summed E-state index contributed by atoms with van der Waals surface area (Å²) in [6, 6.07) is 7.78. The van der Waals surface area contributed by atoms with Crippen molar-refractivity contribution in [3.05, 3.63) is 52.3 Å². The summed E-state index contributed by atoms with van der Waals surface area (Å²) in [5, 5.41) is 0.714. The molecule has 130 valence electrons. The molecule has 0 spiro atoms. The van der Waals surface area contributed by atoms with E-state index >= 15 is 0 Å². The maximum Gasteiger partial charge on any atom is 0.225 e. The summed E-state index contributed by atoms with van der Waals surface area (Å²) < 4.78 is 0. The zero-order chi connectivity index (χ0) is 17.4. The highest BCUT2D eigenvalue weighted by Crippen LogP contribution is 2.32. The fourth-order valence-electron chi connectivity index (χ4n) is 3.56. The maximum atomic E-state index is 12.5. The molecule has 0 bridgehead atoms. The number of nitrogens with zero attached hydrogens (tertiary/aromatic N) is 4. The van der Waals surface area contributed by atoms with E-state index in [0.29, 0.717) is 17.0 Å². The van der Waals surface area contributed by atoms with E-state index < -0.39 is 0 Å². The number of benzene rings is 1. The summed E-state index contributed by atoms with van der Waals surface area (Å²) in [5.74, 6) is 1.04. The van der Waals surface area contributed by atoms with Crippen molar-refractivity contribution in [1.82, 2.24) is 14.9 Å². The van der Waals surface area contributed by atoms with Gasteiger partial charge >= 0.3 is 0 Å². The summed E-state index contributed by atoms with van der Waals surface area (Å²) in [5.41, 5.74) is 2.70. The molecular formula is C19H21ClN4O. The monoisotopic (exact) mass is 356 g/mol. The van der Waals surface area contributed by atoms with E-state index in [-0.39, 0.29) is 11.7 Å². The molecule has 0 radical (unpaired) electrons. The fourth-order valence-corrected chi connectivity index (χ4v) is 3.69. The van der Waals surface area contributed by atoms with E-state index in [4.69, 9.17) is 16.6 Å². The van der Waals surface area contributed by atoms with Crippen LogP contribution >= 0.6 is 11.6 Å². The van der Waals surface area contributed by atoms with Crippen molar-refractivity contribution in [2.45, 2.75) is 18.8 Å². The minimum absolute atomic E-state index is 0.131. The second kappa shape index (κ2) is 6.73. The Bertz CT molecular complexity index is 785. The van der Waals surface area contributed by atoms with Gasteiger partial charge in [-0.1, -0.05) is 23.7 Å². The third-order valence-electron chi connectivity index (χ3n) is 5.15. The fraction of sp³-hybridized carbons (Fsp3) is 0.421. The molecule has 1 aliphatic carbocycles. The molecule has 4 rings (SSSR count). The largest absolute Gasteiger partial charge is 0.338 e. The van der Waals surface area contributed by atoms with Crippen LogP contribution in [0.5, 0.6) is 0 Å². The van der Waals surface area contributed by atoms with Crippen molar-refractivity contribution in [2.75, 3.05) is 38.1 Å². The van der Waals surface area contributed by atoms with E-state index in [1.54, 1.807) is 6.20 Å². The molecule has 1 aliphatic heterocycles. The van der Waals surface area contributed by atoms with E-state index in [1.165, 1.54) is 0 Å². The van der Waals surface area contributed by atoms with Gasteiger partial charge in [0.25, 0.3) is 0 Å². The molecule has 1 saturated heterocycles. The van der Waals surface area contributed by atoms with Gasteiger partial charge < -0.3 is 9.80 Å². The molecule has 5 nitrogen and oxygen atoms in total. The number of piperazine rings is 1. The number of anilines is 1. The number of hydrogen-bond acceptors (Lipinski definition) is 5. The first-order chi connectivity index (χ1) is 12.1. The Kier molecular flexibility index (Phi) is 4.44. The van der Waals surface area contributed by atoms with Gasteiger partial charge in [0.2, 0.25) is 5.95 Å². The molecule has 1 aromatic heterocycles. The Labute approximate surface area is 152 Å². The van der Waals surface area contributed by atoms with Crippen molar-refractivity contribution >= 4 is 23.3 Å². The first-order valence-corrected chi connectivity index (χ1v) is 9.06. The molecule has 6 heteroatoms. The highest BCUT2D eigenvalue weighted by Gasteiger charge is 2.29. The van der Waals surface area contributed by atoms with Crippen LogP contribution in [0.4, 0.5) is 5.95 Å². The number of likely N-dealkylation sites (N-methyl/N-ethyl adjacent to an activating group) is 1. The number of Topliss-reactive ketones (excluding diaryl/α,β-unsaturated/α-hetero) is 1. The number of aromatic nitrogens is 2. The third-order valence-corrected chi connectivity index (χ3v) is 5.41. The Morgan fingerprint density at radius 3 is 2.52 bits per heavy atom. The highest BCUT2D eigenvalue weighted by molar-refractivity contribution is 6.30. The lowest BCUT2D eigenvalue weighted by molar-refractivity contribution is 0.0962. The lowest BCUT2D eigenvalue weighted by atomic mass is 9.82. The molecule has 0 amide bonds. The summed E-state index contributed by atoms with van der Waals surface area (Å²) in [6.07, 6.45) is 2.99. The predicted molar refractivity (Wildman–Crippen MR) is 98.6 cm³/mol. The second-order valence-electron chi connectivity index (χ2n) is 6.90. The molecule has 1 unspecified atom stereocenters. The van der Waals surface area contributed by atoms with Crippen LogP contribution in [-0.4, -0.2) is 53.9 Å². The Balaban J connectivity index is 1.59. The quantitative estimate of drug-likeness (QED) is 0.828. The summed E-state index contributed by atoms with van der Waals surface area (Å²) >= 11 is 5.98. The number of carbonyl (C=O) groups excluding carboxylic acids is 1. The molecular weight excluding hydrogens is 336 g/mol. The van der Waals surface area contributed by atoms with Gasteiger partial charge in [-0.15, -0.1) is 0 Å². The molecule has 0 N–H and O–H groups in total. The van der Waals surface area contributed by atoms with Crippen molar-refractivity contribution in [1.29, 1.82) is 0 Å². The van der Waals surface area contributed by atoms with Crippen LogP contribution in [-0.2, 0) is 6.42 Å². The standard InChI is InChI=1S/C19H21ClN4O/c1-23-6-8-24(9-7-23)19-21-12-16-17(22-19)10-14(11-18(16)25)13-2-4-15(20)5-3-13/h2-5,12,14H,6-11H2,1H3. The SMILES string of the molecule is CN1CCN(c2ncc3c(n2)CC(c2ccc(Cl)cc2)CC3=O)CC1. The second-order valence-corrected chi connectivity index (χ2v) is 7.34. The van der Waals surface area contributed by atoms with Gasteiger partial charge in [0.1, 0.15) is 0 Å². The number of fused-ring (bicyclic) bond motifs is 1. The number of rotatable bonds is 2. The molecule has 25 heavy (non-hydrogen) atoms. The number of hydrogen-bond donors (Lipinski definition) is 0. The smallest absolute Gasteiger partial charge is 0.225 e. The molecule has 0 saturated carbocycles. The van der Waals surface area contributed by atoms with Crippen molar-refractivity contribution in [3.63, 3.8) is 0 Å². The predicted octanol–water partition coefficient (Wildman–Crippen LogP) is 2.79. The van der Waals surface area contributed by atoms with Crippen molar-refractivity contribution in [2.24, 2.45) is 0 Å².